The molecule has 4 heteroatoms. The van der Waals surface area contributed by atoms with Crippen molar-refractivity contribution in [3.05, 3.63) is 48.3 Å². The van der Waals surface area contributed by atoms with E-state index in [-0.39, 0.29) is 0 Å². The molecule has 0 bridgehead atoms. The molecule has 2 aliphatic rings. The molecule has 2 aromatic rings. The van der Waals surface area contributed by atoms with Gasteiger partial charge in [0.1, 0.15) is 18.0 Å². The van der Waals surface area contributed by atoms with E-state index < -0.39 is 0 Å². The molecule has 1 saturated carbocycles. The van der Waals surface area contributed by atoms with E-state index in [0.29, 0.717) is 5.41 Å². The van der Waals surface area contributed by atoms with Crippen LogP contribution in [-0.2, 0) is 5.41 Å². The average molecular weight is 294 g/mol. The fourth-order valence-corrected chi connectivity index (χ4v) is 3.33. The van der Waals surface area contributed by atoms with Crippen LogP contribution in [0.15, 0.2) is 42.7 Å². The first-order valence-corrected chi connectivity index (χ1v) is 8.22. The molecular formula is C18H22N4. The van der Waals surface area contributed by atoms with Crippen LogP contribution in [0.4, 0.5) is 11.6 Å². The van der Waals surface area contributed by atoms with Crippen molar-refractivity contribution in [2.75, 3.05) is 29.9 Å². The number of nitrogens with one attached hydrogen (secondary N) is 1. The lowest BCUT2D eigenvalue weighted by Gasteiger charge is -2.19. The van der Waals surface area contributed by atoms with Gasteiger partial charge in [0.25, 0.3) is 0 Å². The molecule has 1 aliphatic carbocycles. The van der Waals surface area contributed by atoms with Crippen molar-refractivity contribution in [1.29, 1.82) is 0 Å². The van der Waals surface area contributed by atoms with Gasteiger partial charge in [0.15, 0.2) is 0 Å². The maximum atomic E-state index is 4.41. The highest BCUT2D eigenvalue weighted by atomic mass is 15.2. The Hall–Kier alpha value is -2.10. The molecule has 2 fully saturated rings. The minimum atomic E-state index is 0.306. The number of aromatic nitrogens is 2. The summed E-state index contributed by atoms with van der Waals surface area (Å²) in [6, 6.07) is 12.9. The summed E-state index contributed by atoms with van der Waals surface area (Å²) in [5.41, 5.74) is 1.75. The van der Waals surface area contributed by atoms with Gasteiger partial charge in [-0.15, -0.1) is 0 Å². The van der Waals surface area contributed by atoms with Crippen LogP contribution in [0.3, 0.4) is 0 Å². The monoisotopic (exact) mass is 294 g/mol. The highest BCUT2D eigenvalue weighted by molar-refractivity contribution is 5.49. The topological polar surface area (TPSA) is 41.0 Å². The van der Waals surface area contributed by atoms with Crippen LogP contribution in [0.2, 0.25) is 0 Å². The minimum absolute atomic E-state index is 0.306. The predicted octanol–water partition coefficient (Wildman–Crippen LogP) is 3.22. The molecule has 4 rings (SSSR count). The van der Waals surface area contributed by atoms with E-state index in [1.807, 2.05) is 0 Å². The molecule has 0 radical (unpaired) electrons. The zero-order valence-corrected chi connectivity index (χ0v) is 12.8. The van der Waals surface area contributed by atoms with Gasteiger partial charge < -0.3 is 10.2 Å². The van der Waals surface area contributed by atoms with Crippen molar-refractivity contribution >= 4 is 11.6 Å². The van der Waals surface area contributed by atoms with Gasteiger partial charge in [-0.3, -0.25) is 0 Å². The van der Waals surface area contributed by atoms with Gasteiger partial charge in [-0.25, -0.2) is 9.97 Å². The van der Waals surface area contributed by atoms with Gasteiger partial charge in [0.2, 0.25) is 0 Å². The Morgan fingerprint density at radius 3 is 2.55 bits per heavy atom. The third kappa shape index (κ3) is 2.65. The van der Waals surface area contributed by atoms with E-state index in [9.17, 15) is 0 Å². The summed E-state index contributed by atoms with van der Waals surface area (Å²) in [6.45, 7) is 3.18. The normalized spacial score (nSPS) is 19.2. The largest absolute Gasteiger partial charge is 0.369 e. The molecule has 1 saturated heterocycles. The zero-order chi connectivity index (χ0) is 14.8. The van der Waals surface area contributed by atoms with Gasteiger partial charge in [0, 0.05) is 31.1 Å². The highest BCUT2D eigenvalue weighted by Crippen LogP contribution is 2.48. The van der Waals surface area contributed by atoms with Crippen LogP contribution in [0, 0.1) is 0 Å². The van der Waals surface area contributed by atoms with E-state index in [0.717, 1.165) is 31.3 Å². The molecular weight excluding hydrogens is 272 g/mol. The number of rotatable bonds is 5. The second kappa shape index (κ2) is 5.59. The molecule has 0 unspecified atom stereocenters. The molecule has 1 aromatic carbocycles. The molecule has 0 spiro atoms. The molecule has 0 atom stereocenters. The van der Waals surface area contributed by atoms with Crippen molar-refractivity contribution in [2.45, 2.75) is 31.1 Å². The van der Waals surface area contributed by atoms with Crippen LogP contribution in [0.25, 0.3) is 0 Å². The van der Waals surface area contributed by atoms with E-state index in [4.69, 9.17) is 0 Å². The van der Waals surface area contributed by atoms with Crippen molar-refractivity contribution in [2.24, 2.45) is 0 Å². The fourth-order valence-electron chi connectivity index (χ4n) is 3.33. The third-order valence-corrected chi connectivity index (χ3v) is 4.93. The van der Waals surface area contributed by atoms with Gasteiger partial charge in [-0.2, -0.15) is 0 Å². The molecule has 0 amide bonds. The maximum absolute atomic E-state index is 4.41. The molecule has 114 valence electrons. The summed E-state index contributed by atoms with van der Waals surface area (Å²) in [5, 5.41) is 3.53. The number of hydrogen-bond donors (Lipinski definition) is 1. The van der Waals surface area contributed by atoms with Gasteiger partial charge in [-0.05, 0) is 31.2 Å². The molecule has 2 heterocycles. The van der Waals surface area contributed by atoms with E-state index in [1.54, 1.807) is 6.33 Å². The Morgan fingerprint density at radius 2 is 1.82 bits per heavy atom. The van der Waals surface area contributed by atoms with Crippen LogP contribution < -0.4 is 10.2 Å². The second-order valence-electron chi connectivity index (χ2n) is 6.46. The van der Waals surface area contributed by atoms with Crippen molar-refractivity contribution < 1.29 is 0 Å². The van der Waals surface area contributed by atoms with Gasteiger partial charge in [-0.1, -0.05) is 30.3 Å². The summed E-state index contributed by atoms with van der Waals surface area (Å²) in [5.74, 6) is 2.00. The Morgan fingerprint density at radius 1 is 1.05 bits per heavy atom. The number of nitrogens with zero attached hydrogens (tertiary/aromatic N) is 3. The molecule has 1 aromatic heterocycles. The standard InChI is InChI=1S/C18H22N4/c1-2-6-15(7-3-1)18(8-9-18)13-19-16-12-17(21-14-20-16)22-10-4-5-11-22/h1-3,6-7,12,14H,4-5,8-11,13H2,(H,19,20,21). The van der Waals surface area contributed by atoms with Gasteiger partial charge >= 0.3 is 0 Å². The Balaban J connectivity index is 1.45. The predicted molar refractivity (Wildman–Crippen MR) is 89.3 cm³/mol. The Labute approximate surface area is 131 Å². The smallest absolute Gasteiger partial charge is 0.134 e. The van der Waals surface area contributed by atoms with E-state index in [1.165, 1.54) is 31.2 Å². The van der Waals surface area contributed by atoms with Gasteiger partial charge in [0.05, 0.1) is 0 Å². The average Bonchev–Trinajstić information content (AvgIpc) is 3.18. The van der Waals surface area contributed by atoms with E-state index in [2.05, 4.69) is 56.6 Å². The maximum Gasteiger partial charge on any atom is 0.134 e. The molecule has 22 heavy (non-hydrogen) atoms. The lowest BCUT2D eigenvalue weighted by Crippen LogP contribution is -2.22. The first-order valence-electron chi connectivity index (χ1n) is 8.22. The second-order valence-corrected chi connectivity index (χ2v) is 6.46. The summed E-state index contributed by atoms with van der Waals surface area (Å²) < 4.78 is 0. The van der Waals surface area contributed by atoms with Crippen LogP contribution >= 0.6 is 0 Å². The lowest BCUT2D eigenvalue weighted by atomic mass is 9.96. The number of anilines is 2. The highest BCUT2D eigenvalue weighted by Gasteiger charge is 2.43. The van der Waals surface area contributed by atoms with Crippen molar-refractivity contribution in [3.8, 4) is 0 Å². The quantitative estimate of drug-likeness (QED) is 0.919. The van der Waals surface area contributed by atoms with Crippen LogP contribution in [0.1, 0.15) is 31.2 Å². The molecule has 1 aliphatic heterocycles. The summed E-state index contributed by atoms with van der Waals surface area (Å²) >= 11 is 0. The Bertz CT molecular complexity index is 631. The molecule has 1 N–H and O–H groups in total. The minimum Gasteiger partial charge on any atom is -0.369 e. The van der Waals surface area contributed by atoms with Crippen molar-refractivity contribution in [1.82, 2.24) is 9.97 Å². The fraction of sp³-hybridized carbons (Fsp3) is 0.444. The zero-order valence-electron chi connectivity index (χ0n) is 12.8. The lowest BCUT2D eigenvalue weighted by molar-refractivity contribution is 0.729. The number of hydrogen-bond acceptors (Lipinski definition) is 4. The SMILES string of the molecule is c1ccc(C2(CNc3cc(N4CCCC4)ncn3)CC2)cc1. The summed E-state index contributed by atoms with van der Waals surface area (Å²) in [4.78, 5) is 11.1. The number of benzene rings is 1. The summed E-state index contributed by atoms with van der Waals surface area (Å²) in [6.07, 6.45) is 6.73. The van der Waals surface area contributed by atoms with Crippen LogP contribution in [0.5, 0.6) is 0 Å². The van der Waals surface area contributed by atoms with Crippen LogP contribution in [-0.4, -0.2) is 29.6 Å². The third-order valence-electron chi connectivity index (χ3n) is 4.93. The summed E-state index contributed by atoms with van der Waals surface area (Å²) in [7, 11) is 0. The first kappa shape index (κ1) is 13.6. The van der Waals surface area contributed by atoms with E-state index >= 15 is 0 Å². The Kier molecular flexibility index (Phi) is 3.45. The molecule has 4 nitrogen and oxygen atoms in total. The van der Waals surface area contributed by atoms with Crippen molar-refractivity contribution in [3.63, 3.8) is 0 Å². The first-order chi connectivity index (χ1) is 10.9.